The van der Waals surface area contributed by atoms with Crippen LogP contribution >= 0.6 is 0 Å². The van der Waals surface area contributed by atoms with E-state index in [2.05, 4.69) is 36.1 Å². The zero-order valence-corrected chi connectivity index (χ0v) is 31.6. The molecule has 0 N–H and O–H groups in total. The van der Waals surface area contributed by atoms with E-state index in [-0.39, 0.29) is 49.1 Å². The second-order valence-corrected chi connectivity index (χ2v) is 16.1. The molecule has 4 fully saturated rings. The topological polar surface area (TPSA) is 82.1 Å². The monoisotopic (exact) mass is 686 g/mol. The molecule has 4 aliphatic rings. The summed E-state index contributed by atoms with van der Waals surface area (Å²) in [4.78, 5) is 40.1. The summed E-state index contributed by atoms with van der Waals surface area (Å²) in [6, 6.07) is 0. The summed E-state index contributed by atoms with van der Waals surface area (Å²) < 4.78 is 17.0. The molecule has 0 aliphatic heterocycles. The number of hydrogen-bond donors (Lipinski definition) is 0. The van der Waals surface area contributed by atoms with Gasteiger partial charge in [0.25, 0.3) is 0 Å². The molecule has 0 amide bonds. The van der Waals surface area contributed by atoms with Gasteiger partial charge in [-0.25, -0.2) is 0 Å². The molecule has 4 aliphatic carbocycles. The zero-order chi connectivity index (χ0) is 35.2. The predicted octanol–water partition coefficient (Wildman–Crippen LogP) is 9.77. The normalized spacial score (nSPS) is 23.5. The van der Waals surface area contributed by atoms with E-state index in [0.29, 0.717) is 19.3 Å². The zero-order valence-electron chi connectivity index (χ0n) is 31.6. The molecule has 0 aromatic heterocycles. The van der Waals surface area contributed by atoms with Crippen LogP contribution in [-0.4, -0.2) is 63.3 Å². The Kier molecular flexibility index (Phi) is 20.3. The molecule has 4 bridgehead atoms. The number of nitrogens with zero attached hydrogens (tertiary/aromatic N) is 1. The standard InChI is InChI=1S/C42H71NO6/c1-4-5-6-7-8-9-10-11-12-13-14-15-16-17-18-19-22-39(44)47-32-38(33-48-40(45)23-20-21-24-43(2)3)34-49-41(46)31-42-28-35-25-36(29-42)27-37(26-35)30-42/h8-9,11-12,35-38H,4-7,10,13-34H2,1-3H3/b9-8-,12-11-. The first-order valence-corrected chi connectivity index (χ1v) is 20.2. The largest absolute Gasteiger partial charge is 0.465 e. The number of carbonyl (C=O) groups excluding carboxylic acids is 3. The van der Waals surface area contributed by atoms with Gasteiger partial charge < -0.3 is 19.1 Å². The molecule has 4 rings (SSSR count). The van der Waals surface area contributed by atoms with Crippen molar-refractivity contribution in [2.75, 3.05) is 40.5 Å². The Labute approximate surface area is 299 Å². The van der Waals surface area contributed by atoms with E-state index < -0.39 is 0 Å². The molecule has 0 radical (unpaired) electrons. The van der Waals surface area contributed by atoms with Crippen molar-refractivity contribution in [2.24, 2.45) is 29.1 Å². The summed E-state index contributed by atoms with van der Waals surface area (Å²) in [5, 5.41) is 0. The van der Waals surface area contributed by atoms with Gasteiger partial charge in [0.1, 0.15) is 19.8 Å². The van der Waals surface area contributed by atoms with E-state index >= 15 is 0 Å². The van der Waals surface area contributed by atoms with E-state index in [9.17, 15) is 14.4 Å². The molecule has 0 spiro atoms. The first-order valence-electron chi connectivity index (χ1n) is 20.2. The van der Waals surface area contributed by atoms with Crippen LogP contribution < -0.4 is 0 Å². The number of hydrogen-bond acceptors (Lipinski definition) is 7. The molecule has 7 nitrogen and oxygen atoms in total. The van der Waals surface area contributed by atoms with E-state index in [0.717, 1.165) is 88.5 Å². The van der Waals surface area contributed by atoms with Gasteiger partial charge in [0.15, 0.2) is 0 Å². The van der Waals surface area contributed by atoms with Crippen molar-refractivity contribution in [1.82, 2.24) is 4.90 Å². The van der Waals surface area contributed by atoms with Gasteiger partial charge in [0.2, 0.25) is 0 Å². The Hall–Kier alpha value is -2.15. The maximum atomic E-state index is 13.1. The van der Waals surface area contributed by atoms with Crippen molar-refractivity contribution >= 4 is 17.9 Å². The van der Waals surface area contributed by atoms with Crippen LogP contribution in [0.15, 0.2) is 24.3 Å². The van der Waals surface area contributed by atoms with Crippen molar-refractivity contribution in [1.29, 1.82) is 0 Å². The maximum absolute atomic E-state index is 13.1. The Morgan fingerprint density at radius 1 is 0.633 bits per heavy atom. The quantitative estimate of drug-likeness (QED) is 0.0351. The molecule has 0 heterocycles. The number of unbranched alkanes of at least 4 members (excludes halogenated alkanes) is 10. The summed E-state index contributed by atoms with van der Waals surface area (Å²) in [5.41, 5.74) is 0.120. The first kappa shape index (κ1) is 41.3. The first-order chi connectivity index (χ1) is 23.8. The van der Waals surface area contributed by atoms with Crippen LogP contribution in [-0.2, 0) is 28.6 Å². The predicted molar refractivity (Wildman–Crippen MR) is 198 cm³/mol. The highest BCUT2D eigenvalue weighted by atomic mass is 16.6. The van der Waals surface area contributed by atoms with Crippen molar-refractivity contribution in [3.63, 3.8) is 0 Å². The lowest BCUT2D eigenvalue weighted by molar-refractivity contribution is -0.157. The van der Waals surface area contributed by atoms with Crippen molar-refractivity contribution in [3.8, 4) is 0 Å². The van der Waals surface area contributed by atoms with Crippen LogP contribution in [0.2, 0.25) is 0 Å². The van der Waals surface area contributed by atoms with Gasteiger partial charge >= 0.3 is 17.9 Å². The average molecular weight is 686 g/mol. The lowest BCUT2D eigenvalue weighted by Gasteiger charge is -2.56. The maximum Gasteiger partial charge on any atom is 0.306 e. The smallest absolute Gasteiger partial charge is 0.306 e. The number of allylic oxidation sites excluding steroid dienone is 4. The van der Waals surface area contributed by atoms with Crippen LogP contribution in [0.3, 0.4) is 0 Å². The highest BCUT2D eigenvalue weighted by Crippen LogP contribution is 2.61. The Morgan fingerprint density at radius 2 is 1.10 bits per heavy atom. The minimum Gasteiger partial charge on any atom is -0.465 e. The molecular weight excluding hydrogens is 614 g/mol. The third-order valence-electron chi connectivity index (χ3n) is 10.9. The van der Waals surface area contributed by atoms with Crippen molar-refractivity contribution in [3.05, 3.63) is 24.3 Å². The fraction of sp³-hybridized carbons (Fsp3) is 0.833. The van der Waals surface area contributed by atoms with Gasteiger partial charge in [-0.1, -0.05) is 69.8 Å². The molecule has 49 heavy (non-hydrogen) atoms. The molecule has 0 aromatic rings. The van der Waals surface area contributed by atoms with Gasteiger partial charge in [-0.3, -0.25) is 14.4 Å². The fourth-order valence-corrected chi connectivity index (χ4v) is 8.74. The van der Waals surface area contributed by atoms with Crippen LogP contribution in [0.25, 0.3) is 0 Å². The summed E-state index contributed by atoms with van der Waals surface area (Å²) in [7, 11) is 4.04. The molecule has 280 valence electrons. The molecule has 1 atom stereocenters. The number of carbonyl (C=O) groups is 3. The summed E-state index contributed by atoms with van der Waals surface area (Å²) in [6.45, 7) is 3.47. The molecular formula is C42H71NO6. The van der Waals surface area contributed by atoms with Gasteiger partial charge in [-0.2, -0.15) is 0 Å². The minimum atomic E-state index is -0.356. The highest BCUT2D eigenvalue weighted by molar-refractivity contribution is 5.71. The summed E-state index contributed by atoms with van der Waals surface area (Å²) >= 11 is 0. The van der Waals surface area contributed by atoms with Gasteiger partial charge in [0, 0.05) is 12.8 Å². The molecule has 1 unspecified atom stereocenters. The highest BCUT2D eigenvalue weighted by Gasteiger charge is 2.51. The lowest BCUT2D eigenvalue weighted by atomic mass is 9.49. The summed E-state index contributed by atoms with van der Waals surface area (Å²) in [6.07, 6.45) is 33.5. The van der Waals surface area contributed by atoms with Gasteiger partial charge in [-0.15, -0.1) is 0 Å². The van der Waals surface area contributed by atoms with E-state index in [1.54, 1.807) is 0 Å². The fourth-order valence-electron chi connectivity index (χ4n) is 8.74. The second kappa shape index (κ2) is 24.1. The lowest BCUT2D eigenvalue weighted by Crippen LogP contribution is -2.47. The van der Waals surface area contributed by atoms with E-state index in [1.165, 1.54) is 64.2 Å². The minimum absolute atomic E-state index is 0.0926. The van der Waals surface area contributed by atoms with Crippen molar-refractivity contribution in [2.45, 2.75) is 155 Å². The Balaban J connectivity index is 1.28. The molecule has 7 heteroatoms. The van der Waals surface area contributed by atoms with Crippen LogP contribution in [0.1, 0.15) is 155 Å². The van der Waals surface area contributed by atoms with Crippen LogP contribution in [0.4, 0.5) is 0 Å². The van der Waals surface area contributed by atoms with Crippen molar-refractivity contribution < 1.29 is 28.6 Å². The number of esters is 3. The van der Waals surface area contributed by atoms with E-state index in [4.69, 9.17) is 14.2 Å². The molecule has 0 saturated heterocycles. The Morgan fingerprint density at radius 3 is 1.63 bits per heavy atom. The average Bonchev–Trinajstić information content (AvgIpc) is 3.05. The third kappa shape index (κ3) is 18.1. The molecule has 0 aromatic carbocycles. The van der Waals surface area contributed by atoms with Crippen LogP contribution in [0.5, 0.6) is 0 Å². The number of rotatable bonds is 28. The number of ether oxygens (including phenoxy) is 3. The summed E-state index contributed by atoms with van der Waals surface area (Å²) in [5.74, 6) is 1.36. The second-order valence-electron chi connectivity index (χ2n) is 16.1. The van der Waals surface area contributed by atoms with E-state index in [1.807, 2.05) is 14.1 Å². The third-order valence-corrected chi connectivity index (χ3v) is 10.9. The Bertz CT molecular complexity index is 968. The SMILES string of the molecule is CCCCC/C=C\C/C=C\CCCCCCCCC(=O)OCC(COC(=O)CCCCN(C)C)COC(=O)CC12CC3CC(CC(C3)C1)C2. The van der Waals surface area contributed by atoms with Gasteiger partial charge in [0.05, 0.1) is 12.3 Å². The van der Waals surface area contributed by atoms with Gasteiger partial charge in [-0.05, 0) is 134 Å². The van der Waals surface area contributed by atoms with Crippen LogP contribution in [0, 0.1) is 29.1 Å². The molecule has 4 saturated carbocycles.